The van der Waals surface area contributed by atoms with Gasteiger partial charge in [-0.1, -0.05) is 0 Å². The first kappa shape index (κ1) is 7.18. The number of hydrogen-bond donors (Lipinski definition) is 0. The van der Waals surface area contributed by atoms with Crippen molar-refractivity contribution in [3.8, 4) is 0 Å². The summed E-state index contributed by atoms with van der Waals surface area (Å²) in [6, 6.07) is 0. The van der Waals surface area contributed by atoms with Crippen LogP contribution in [-0.2, 0) is 3.10 Å². The Kier molecular flexibility index (Phi) is 2.21. The molecule has 0 bridgehead atoms. The van der Waals surface area contributed by atoms with Gasteiger partial charge in [0.2, 0.25) is 0 Å². The van der Waals surface area contributed by atoms with Gasteiger partial charge in [-0.25, -0.2) is 0 Å². The zero-order valence-corrected chi connectivity index (χ0v) is 7.96. The zero-order chi connectivity index (χ0) is 6.85. The molecular weight excluding hydrogens is 228 g/mol. The Morgan fingerprint density at radius 2 is 2.33 bits per heavy atom. The van der Waals surface area contributed by atoms with Gasteiger partial charge in [-0.15, -0.1) is 0 Å². The van der Waals surface area contributed by atoms with Crippen LogP contribution in [0.3, 0.4) is 0 Å². The first-order chi connectivity index (χ1) is 4.22. The fraction of sp³-hybridized carbons (Fsp3) is 0.429. The van der Waals surface area contributed by atoms with Gasteiger partial charge in [-0.3, -0.25) is 0 Å². The first-order valence-electron chi connectivity index (χ1n) is 2.97. The van der Waals surface area contributed by atoms with Gasteiger partial charge in [0.05, 0.1) is 0 Å². The summed E-state index contributed by atoms with van der Waals surface area (Å²) in [4.78, 5) is 0. The molecule has 0 spiro atoms. The van der Waals surface area contributed by atoms with Gasteiger partial charge in [0.1, 0.15) is 0 Å². The number of hydrogen-bond acceptors (Lipinski definition) is 1. The SMILES string of the molecule is CC1=CC=CC(C)[Te]1=O. The van der Waals surface area contributed by atoms with E-state index in [-0.39, 0.29) is 0 Å². The van der Waals surface area contributed by atoms with E-state index in [2.05, 4.69) is 0 Å². The van der Waals surface area contributed by atoms with Gasteiger partial charge >= 0.3 is 62.3 Å². The van der Waals surface area contributed by atoms with Gasteiger partial charge < -0.3 is 0 Å². The molecule has 0 N–H and O–H groups in total. The molecule has 0 aliphatic carbocycles. The summed E-state index contributed by atoms with van der Waals surface area (Å²) in [5.41, 5.74) is 0. The van der Waals surface area contributed by atoms with Crippen molar-refractivity contribution in [3.63, 3.8) is 0 Å². The second-order valence-corrected chi connectivity index (χ2v) is 7.82. The van der Waals surface area contributed by atoms with Crippen LogP contribution in [0.15, 0.2) is 21.8 Å². The topological polar surface area (TPSA) is 17.1 Å². The van der Waals surface area contributed by atoms with E-state index in [1.54, 1.807) is 0 Å². The van der Waals surface area contributed by atoms with E-state index in [0.29, 0.717) is 3.97 Å². The van der Waals surface area contributed by atoms with Crippen molar-refractivity contribution in [2.24, 2.45) is 0 Å². The molecule has 2 heteroatoms. The van der Waals surface area contributed by atoms with E-state index < -0.39 is 19.5 Å². The Hall–Kier alpha value is 0.0696. The fourth-order valence-corrected chi connectivity index (χ4v) is 3.73. The molecule has 1 heterocycles. The zero-order valence-electron chi connectivity index (χ0n) is 5.63. The summed E-state index contributed by atoms with van der Waals surface area (Å²) in [7, 11) is 0. The predicted octanol–water partition coefficient (Wildman–Crippen LogP) is 1.85. The van der Waals surface area contributed by atoms with E-state index in [1.165, 1.54) is 0 Å². The summed E-state index contributed by atoms with van der Waals surface area (Å²) in [5, 5.41) is 0. The average molecular weight is 238 g/mol. The van der Waals surface area contributed by atoms with Gasteiger partial charge in [0.15, 0.2) is 0 Å². The number of rotatable bonds is 0. The second-order valence-electron chi connectivity index (χ2n) is 2.16. The molecule has 0 aromatic heterocycles. The van der Waals surface area contributed by atoms with Crippen molar-refractivity contribution < 1.29 is 3.10 Å². The molecule has 0 amide bonds. The Morgan fingerprint density at radius 3 is 2.78 bits per heavy atom. The van der Waals surface area contributed by atoms with Crippen LogP contribution < -0.4 is 0 Å². The second kappa shape index (κ2) is 2.77. The Balaban J connectivity index is 2.86. The van der Waals surface area contributed by atoms with Crippen molar-refractivity contribution in [1.82, 2.24) is 0 Å². The van der Waals surface area contributed by atoms with Gasteiger partial charge in [0, 0.05) is 0 Å². The van der Waals surface area contributed by atoms with E-state index in [4.69, 9.17) is 0 Å². The normalized spacial score (nSPS) is 28.2. The van der Waals surface area contributed by atoms with Crippen LogP contribution in [-0.4, -0.2) is 19.5 Å². The Morgan fingerprint density at radius 1 is 1.67 bits per heavy atom. The van der Waals surface area contributed by atoms with Crippen molar-refractivity contribution >= 4 is 19.5 Å². The van der Waals surface area contributed by atoms with Gasteiger partial charge in [0.25, 0.3) is 0 Å². The summed E-state index contributed by atoms with van der Waals surface area (Å²) in [6.07, 6.45) is 5.98. The molecule has 0 radical (unpaired) electrons. The summed E-state index contributed by atoms with van der Waals surface area (Å²) >= 11 is -2.04. The molecule has 0 aromatic rings. The minimum absolute atomic E-state index is 0.346. The predicted molar refractivity (Wildman–Crippen MR) is 38.8 cm³/mol. The van der Waals surface area contributed by atoms with E-state index in [0.717, 1.165) is 3.62 Å². The van der Waals surface area contributed by atoms with Gasteiger partial charge in [-0.05, 0) is 0 Å². The van der Waals surface area contributed by atoms with Gasteiger partial charge in [-0.2, -0.15) is 0 Å². The summed E-state index contributed by atoms with van der Waals surface area (Å²) in [5.74, 6) is 0. The van der Waals surface area contributed by atoms with Crippen molar-refractivity contribution in [2.75, 3.05) is 0 Å². The minimum atomic E-state index is -2.04. The monoisotopic (exact) mass is 240 g/mol. The quantitative estimate of drug-likeness (QED) is 0.588. The summed E-state index contributed by atoms with van der Waals surface area (Å²) in [6.45, 7) is 3.99. The van der Waals surface area contributed by atoms with Crippen LogP contribution in [0.4, 0.5) is 0 Å². The summed E-state index contributed by atoms with van der Waals surface area (Å²) < 4.78 is 12.7. The van der Waals surface area contributed by atoms with Crippen LogP contribution >= 0.6 is 0 Å². The molecule has 0 saturated carbocycles. The molecule has 1 aliphatic rings. The third-order valence-electron chi connectivity index (χ3n) is 1.37. The molecule has 1 rings (SSSR count). The molecule has 1 atom stereocenters. The Bertz CT molecular complexity index is 191. The van der Waals surface area contributed by atoms with E-state index in [9.17, 15) is 3.10 Å². The van der Waals surface area contributed by atoms with Crippen molar-refractivity contribution in [2.45, 2.75) is 17.8 Å². The molecule has 1 aliphatic heterocycles. The molecule has 9 heavy (non-hydrogen) atoms. The van der Waals surface area contributed by atoms with Crippen LogP contribution in [0, 0.1) is 0 Å². The van der Waals surface area contributed by atoms with Crippen molar-refractivity contribution in [1.29, 1.82) is 0 Å². The molecule has 0 fully saturated rings. The maximum absolute atomic E-state index is 11.3. The van der Waals surface area contributed by atoms with Crippen LogP contribution in [0.5, 0.6) is 0 Å². The third-order valence-corrected chi connectivity index (χ3v) is 5.94. The molecular formula is C7H10OTe. The molecule has 0 aromatic carbocycles. The first-order valence-corrected chi connectivity index (χ1v) is 6.43. The molecule has 1 nitrogen and oxygen atoms in total. The third kappa shape index (κ3) is 1.50. The average Bonchev–Trinajstić information content (AvgIpc) is 1.83. The number of allylic oxidation sites excluding steroid dienone is 4. The molecule has 50 valence electrons. The maximum atomic E-state index is 11.3. The molecule has 0 saturated heterocycles. The standard InChI is InChI=1S/C7H10OTe/c1-6-4-3-5-7(2)9(6)8/h3-6H,1-2H3. The van der Waals surface area contributed by atoms with E-state index in [1.807, 2.05) is 32.1 Å². The van der Waals surface area contributed by atoms with Crippen LogP contribution in [0.1, 0.15) is 13.8 Å². The van der Waals surface area contributed by atoms with E-state index >= 15 is 0 Å². The van der Waals surface area contributed by atoms with Crippen LogP contribution in [0.25, 0.3) is 0 Å². The van der Waals surface area contributed by atoms with Crippen molar-refractivity contribution in [3.05, 3.63) is 21.8 Å². The molecule has 1 unspecified atom stereocenters. The fourth-order valence-electron chi connectivity index (χ4n) is 0.779. The van der Waals surface area contributed by atoms with Crippen LogP contribution in [0.2, 0.25) is 3.97 Å². The Labute approximate surface area is 62.5 Å².